The molecule has 0 amide bonds. The van der Waals surface area contributed by atoms with Crippen LogP contribution in [0.25, 0.3) is 0 Å². The van der Waals surface area contributed by atoms with Gasteiger partial charge in [0.1, 0.15) is 0 Å². The normalized spacial score (nSPS) is 13.9. The van der Waals surface area contributed by atoms with E-state index in [0.717, 1.165) is 11.8 Å². The van der Waals surface area contributed by atoms with Crippen LogP contribution in [0.3, 0.4) is 0 Å². The average molecular weight is 421 g/mol. The van der Waals surface area contributed by atoms with E-state index in [2.05, 4.69) is 39.8 Å². The summed E-state index contributed by atoms with van der Waals surface area (Å²) in [6.45, 7) is 9.56. The van der Waals surface area contributed by atoms with Crippen molar-refractivity contribution in [2.75, 3.05) is 0 Å². The molecule has 0 aromatic heterocycles. The molecule has 0 aliphatic heterocycles. The summed E-state index contributed by atoms with van der Waals surface area (Å²) in [7, 11) is 0. The fourth-order valence-electron chi connectivity index (χ4n) is 4.52. The predicted octanol–water partition coefficient (Wildman–Crippen LogP) is 11.4. The van der Waals surface area contributed by atoms with Gasteiger partial charge in [0, 0.05) is 0 Å². The first-order valence-electron chi connectivity index (χ1n) is 14.4. The maximum absolute atomic E-state index is 2.48. The Morgan fingerprint density at radius 3 is 1.20 bits per heavy atom. The molecule has 2 atom stereocenters. The van der Waals surface area contributed by atoms with Gasteiger partial charge >= 0.3 is 0 Å². The molecule has 0 saturated carbocycles. The minimum Gasteiger partial charge on any atom is -0.0885 e. The molecule has 0 heteroatoms. The van der Waals surface area contributed by atoms with E-state index in [9.17, 15) is 0 Å². The fraction of sp³-hybridized carbons (Fsp3) is 0.933. The molecule has 180 valence electrons. The molecule has 0 aliphatic carbocycles. The highest BCUT2D eigenvalue weighted by Crippen LogP contribution is 2.22. The summed E-state index contributed by atoms with van der Waals surface area (Å²) in [5.41, 5.74) is 0. The minimum absolute atomic E-state index is 0.929. The van der Waals surface area contributed by atoms with E-state index in [4.69, 9.17) is 0 Å². The van der Waals surface area contributed by atoms with Gasteiger partial charge in [-0.1, -0.05) is 155 Å². The molecule has 0 rings (SSSR count). The third kappa shape index (κ3) is 24.0. The van der Waals surface area contributed by atoms with Crippen LogP contribution in [0.1, 0.15) is 169 Å². The van der Waals surface area contributed by atoms with Crippen LogP contribution in [0, 0.1) is 11.8 Å². The minimum atomic E-state index is 0.929. The van der Waals surface area contributed by atoms with Crippen LogP contribution >= 0.6 is 0 Å². The highest BCUT2D eigenvalue weighted by molar-refractivity contribution is 4.81. The van der Waals surface area contributed by atoms with Crippen LogP contribution in [-0.4, -0.2) is 0 Å². The predicted molar refractivity (Wildman–Crippen MR) is 140 cm³/mol. The fourth-order valence-corrected chi connectivity index (χ4v) is 4.52. The Morgan fingerprint density at radius 1 is 0.400 bits per heavy atom. The number of unbranched alkanes of at least 4 members (excludes halogenated alkanes) is 15. The van der Waals surface area contributed by atoms with Gasteiger partial charge in [0.25, 0.3) is 0 Å². The zero-order valence-electron chi connectivity index (χ0n) is 21.9. The smallest absolute Gasteiger partial charge is 0.0351 e. The molecule has 0 saturated heterocycles. The largest absolute Gasteiger partial charge is 0.0885 e. The van der Waals surface area contributed by atoms with E-state index in [1.54, 1.807) is 0 Å². The Bertz CT molecular complexity index is 329. The van der Waals surface area contributed by atoms with Gasteiger partial charge < -0.3 is 0 Å². The SMILES string of the molecule is CCCCCCCCCCCC=CCCCCC(C)CCC(C)CCCCCCC. The second-order valence-electron chi connectivity index (χ2n) is 10.4. The molecular weight excluding hydrogens is 360 g/mol. The van der Waals surface area contributed by atoms with Crippen molar-refractivity contribution >= 4 is 0 Å². The Kier molecular flexibility index (Phi) is 24.8. The molecule has 0 nitrogen and oxygen atoms in total. The van der Waals surface area contributed by atoms with Crippen LogP contribution in [0.4, 0.5) is 0 Å². The first-order valence-corrected chi connectivity index (χ1v) is 14.4. The molecular formula is C30H60. The number of allylic oxidation sites excluding steroid dienone is 2. The molecule has 2 unspecified atom stereocenters. The third-order valence-electron chi connectivity index (χ3n) is 6.91. The van der Waals surface area contributed by atoms with Crippen LogP contribution in [0.15, 0.2) is 12.2 Å². The molecule has 0 N–H and O–H groups in total. The Balaban J connectivity index is 3.32. The van der Waals surface area contributed by atoms with Crippen molar-refractivity contribution in [2.24, 2.45) is 11.8 Å². The van der Waals surface area contributed by atoms with Crippen LogP contribution in [0.2, 0.25) is 0 Å². The van der Waals surface area contributed by atoms with Gasteiger partial charge in [-0.05, 0) is 37.5 Å². The first-order chi connectivity index (χ1) is 14.7. The lowest BCUT2D eigenvalue weighted by atomic mass is 9.91. The molecule has 30 heavy (non-hydrogen) atoms. The van der Waals surface area contributed by atoms with Gasteiger partial charge in [-0.15, -0.1) is 0 Å². The lowest BCUT2D eigenvalue weighted by molar-refractivity contribution is 0.379. The second-order valence-corrected chi connectivity index (χ2v) is 10.4. The summed E-state index contributed by atoms with van der Waals surface area (Å²) in [4.78, 5) is 0. The summed E-state index contributed by atoms with van der Waals surface area (Å²) in [6, 6.07) is 0. The van der Waals surface area contributed by atoms with E-state index >= 15 is 0 Å². The van der Waals surface area contributed by atoms with Gasteiger partial charge in [-0.2, -0.15) is 0 Å². The highest BCUT2D eigenvalue weighted by atomic mass is 14.1. The Labute approximate surface area is 193 Å². The molecule has 0 heterocycles. The molecule has 0 aromatic carbocycles. The summed E-state index contributed by atoms with van der Waals surface area (Å²) in [6.07, 6.45) is 36.2. The van der Waals surface area contributed by atoms with Crippen molar-refractivity contribution in [3.63, 3.8) is 0 Å². The van der Waals surface area contributed by atoms with E-state index in [1.165, 1.54) is 141 Å². The van der Waals surface area contributed by atoms with Crippen molar-refractivity contribution in [3.05, 3.63) is 12.2 Å². The van der Waals surface area contributed by atoms with E-state index in [1.807, 2.05) is 0 Å². The van der Waals surface area contributed by atoms with Gasteiger partial charge in [0.05, 0.1) is 0 Å². The molecule has 0 fully saturated rings. The summed E-state index contributed by atoms with van der Waals surface area (Å²) in [5.74, 6) is 1.87. The summed E-state index contributed by atoms with van der Waals surface area (Å²) >= 11 is 0. The van der Waals surface area contributed by atoms with Gasteiger partial charge in [-0.3, -0.25) is 0 Å². The summed E-state index contributed by atoms with van der Waals surface area (Å²) in [5, 5.41) is 0. The van der Waals surface area contributed by atoms with Crippen molar-refractivity contribution in [3.8, 4) is 0 Å². The maximum Gasteiger partial charge on any atom is -0.0351 e. The lowest BCUT2D eigenvalue weighted by Crippen LogP contribution is -2.01. The number of hydrogen-bond acceptors (Lipinski definition) is 0. The lowest BCUT2D eigenvalue weighted by Gasteiger charge is -2.15. The van der Waals surface area contributed by atoms with Crippen molar-refractivity contribution < 1.29 is 0 Å². The van der Waals surface area contributed by atoms with Crippen molar-refractivity contribution in [1.29, 1.82) is 0 Å². The molecule has 0 radical (unpaired) electrons. The van der Waals surface area contributed by atoms with Crippen molar-refractivity contribution in [1.82, 2.24) is 0 Å². The third-order valence-corrected chi connectivity index (χ3v) is 6.91. The van der Waals surface area contributed by atoms with Gasteiger partial charge in [0.2, 0.25) is 0 Å². The number of rotatable bonds is 24. The summed E-state index contributed by atoms with van der Waals surface area (Å²) < 4.78 is 0. The highest BCUT2D eigenvalue weighted by Gasteiger charge is 2.06. The van der Waals surface area contributed by atoms with Crippen LogP contribution < -0.4 is 0 Å². The zero-order valence-corrected chi connectivity index (χ0v) is 21.9. The van der Waals surface area contributed by atoms with E-state index in [-0.39, 0.29) is 0 Å². The van der Waals surface area contributed by atoms with Gasteiger partial charge in [0.15, 0.2) is 0 Å². The average Bonchev–Trinajstić information content (AvgIpc) is 2.74. The standard InChI is InChI=1S/C30H60/c1-5-7-9-11-12-13-14-15-16-17-18-19-20-22-24-26-30(4)28-27-29(3)25-23-21-10-8-6-2/h18-19,29-30H,5-17,20-28H2,1-4H3. The maximum atomic E-state index is 2.48. The van der Waals surface area contributed by atoms with Gasteiger partial charge in [-0.25, -0.2) is 0 Å². The van der Waals surface area contributed by atoms with E-state index < -0.39 is 0 Å². The topological polar surface area (TPSA) is 0 Å². The Morgan fingerprint density at radius 2 is 0.733 bits per heavy atom. The first kappa shape index (κ1) is 29.7. The molecule has 0 aliphatic rings. The molecule has 0 spiro atoms. The molecule has 0 bridgehead atoms. The second kappa shape index (κ2) is 25.0. The van der Waals surface area contributed by atoms with E-state index in [0.29, 0.717) is 0 Å². The van der Waals surface area contributed by atoms with Crippen molar-refractivity contribution in [2.45, 2.75) is 169 Å². The van der Waals surface area contributed by atoms with Crippen LogP contribution in [0.5, 0.6) is 0 Å². The zero-order chi connectivity index (χ0) is 22.1. The quantitative estimate of drug-likeness (QED) is 0.107. The molecule has 0 aromatic rings. The monoisotopic (exact) mass is 420 g/mol. The Hall–Kier alpha value is -0.260. The van der Waals surface area contributed by atoms with Crippen LogP contribution in [-0.2, 0) is 0 Å². The number of hydrogen-bond donors (Lipinski definition) is 0.